The summed E-state index contributed by atoms with van der Waals surface area (Å²) in [4.78, 5) is 3.95. The molecular formula is C11H16N2O. The molecule has 0 fully saturated rings. The number of nitrogens with two attached hydrogens (primary N) is 1. The van der Waals surface area contributed by atoms with Crippen LogP contribution in [0.5, 0.6) is 0 Å². The highest BCUT2D eigenvalue weighted by Crippen LogP contribution is 2.29. The Kier molecular flexibility index (Phi) is 3.25. The van der Waals surface area contributed by atoms with Gasteiger partial charge in [0.15, 0.2) is 0 Å². The zero-order chi connectivity index (χ0) is 10.6. The Balaban J connectivity index is 2.91. The second kappa shape index (κ2) is 4.24. The quantitative estimate of drug-likeness (QED) is 0.715. The molecule has 0 aromatic carbocycles. The molecule has 1 atom stereocenters. The van der Waals surface area contributed by atoms with Gasteiger partial charge in [0, 0.05) is 23.6 Å². The molecule has 0 bridgehead atoms. The molecule has 0 aliphatic rings. The van der Waals surface area contributed by atoms with Crippen molar-refractivity contribution in [1.82, 2.24) is 4.98 Å². The Labute approximate surface area is 84.3 Å². The summed E-state index contributed by atoms with van der Waals surface area (Å²) in [7, 11) is 0. The molecule has 76 valence electrons. The highest BCUT2D eigenvalue weighted by atomic mass is 16.3. The summed E-state index contributed by atoms with van der Waals surface area (Å²) in [6, 6.07) is 1.69. The summed E-state index contributed by atoms with van der Waals surface area (Å²) in [6.45, 7) is 5.36. The van der Waals surface area contributed by atoms with E-state index in [2.05, 4.69) is 11.6 Å². The first-order valence-corrected chi connectivity index (χ1v) is 4.61. The standard InChI is InChI=1S/C11H16N2O/c1-3-4-6-11(2,14)9-8-13-7-5-10(9)12/h3,5,7-8,14H,1,4,6H2,2H3,(H2,12,13). The van der Waals surface area contributed by atoms with Crippen LogP contribution in [0, 0.1) is 0 Å². The first-order chi connectivity index (χ1) is 6.58. The summed E-state index contributed by atoms with van der Waals surface area (Å²) < 4.78 is 0. The monoisotopic (exact) mass is 192 g/mol. The second-order valence-corrected chi connectivity index (χ2v) is 3.56. The van der Waals surface area contributed by atoms with Gasteiger partial charge < -0.3 is 10.8 Å². The van der Waals surface area contributed by atoms with E-state index in [0.29, 0.717) is 17.7 Å². The van der Waals surface area contributed by atoms with Crippen LogP contribution in [-0.2, 0) is 5.60 Å². The van der Waals surface area contributed by atoms with E-state index in [9.17, 15) is 5.11 Å². The number of hydrogen-bond acceptors (Lipinski definition) is 3. The molecule has 0 amide bonds. The fraction of sp³-hybridized carbons (Fsp3) is 0.364. The van der Waals surface area contributed by atoms with Crippen LogP contribution >= 0.6 is 0 Å². The zero-order valence-corrected chi connectivity index (χ0v) is 8.40. The Morgan fingerprint density at radius 1 is 1.71 bits per heavy atom. The number of nitrogens with zero attached hydrogens (tertiary/aromatic N) is 1. The summed E-state index contributed by atoms with van der Waals surface area (Å²) in [5.41, 5.74) is 6.09. The van der Waals surface area contributed by atoms with Crippen molar-refractivity contribution in [3.05, 3.63) is 36.7 Å². The SMILES string of the molecule is C=CCCC(C)(O)c1cnccc1N. The van der Waals surface area contributed by atoms with Crippen molar-refractivity contribution in [3.63, 3.8) is 0 Å². The molecule has 0 radical (unpaired) electrons. The average Bonchev–Trinajstić information content (AvgIpc) is 2.15. The first kappa shape index (κ1) is 10.7. The minimum absolute atomic E-state index is 0.578. The Hall–Kier alpha value is -1.35. The third kappa shape index (κ3) is 2.33. The van der Waals surface area contributed by atoms with E-state index >= 15 is 0 Å². The first-order valence-electron chi connectivity index (χ1n) is 4.61. The van der Waals surface area contributed by atoms with Gasteiger partial charge >= 0.3 is 0 Å². The summed E-state index contributed by atoms with van der Waals surface area (Å²) in [5, 5.41) is 10.1. The average molecular weight is 192 g/mol. The number of allylic oxidation sites excluding steroid dienone is 1. The van der Waals surface area contributed by atoms with Crippen LogP contribution in [0.4, 0.5) is 5.69 Å². The van der Waals surface area contributed by atoms with Crippen molar-refractivity contribution >= 4 is 5.69 Å². The Bertz CT molecular complexity index is 321. The molecule has 1 unspecified atom stereocenters. The van der Waals surface area contributed by atoms with Crippen LogP contribution in [0.25, 0.3) is 0 Å². The molecule has 3 heteroatoms. The van der Waals surface area contributed by atoms with E-state index in [1.165, 1.54) is 0 Å². The lowest BCUT2D eigenvalue weighted by atomic mass is 9.91. The van der Waals surface area contributed by atoms with Crippen molar-refractivity contribution in [2.75, 3.05) is 5.73 Å². The maximum Gasteiger partial charge on any atom is 0.0906 e. The molecule has 1 aromatic rings. The van der Waals surface area contributed by atoms with Gasteiger partial charge in [0.2, 0.25) is 0 Å². The maximum absolute atomic E-state index is 10.1. The van der Waals surface area contributed by atoms with Gasteiger partial charge in [-0.3, -0.25) is 4.98 Å². The molecule has 1 rings (SSSR count). The van der Waals surface area contributed by atoms with Crippen LogP contribution in [-0.4, -0.2) is 10.1 Å². The number of pyridine rings is 1. The van der Waals surface area contributed by atoms with Crippen LogP contribution in [0.15, 0.2) is 31.1 Å². The lowest BCUT2D eigenvalue weighted by Crippen LogP contribution is -2.22. The van der Waals surface area contributed by atoms with E-state index in [1.807, 2.05) is 0 Å². The largest absolute Gasteiger partial charge is 0.398 e. The van der Waals surface area contributed by atoms with Gasteiger partial charge in [-0.2, -0.15) is 0 Å². The fourth-order valence-corrected chi connectivity index (χ4v) is 1.37. The number of anilines is 1. The van der Waals surface area contributed by atoms with Gasteiger partial charge in [0.1, 0.15) is 0 Å². The minimum atomic E-state index is -0.924. The topological polar surface area (TPSA) is 59.1 Å². The Morgan fingerprint density at radius 2 is 2.43 bits per heavy atom. The van der Waals surface area contributed by atoms with Crippen molar-refractivity contribution in [1.29, 1.82) is 0 Å². The normalized spacial score (nSPS) is 14.7. The molecule has 1 aromatic heterocycles. The molecular weight excluding hydrogens is 176 g/mol. The number of hydrogen-bond donors (Lipinski definition) is 2. The summed E-state index contributed by atoms with van der Waals surface area (Å²) in [5.74, 6) is 0. The van der Waals surface area contributed by atoms with Crippen LogP contribution in [0.2, 0.25) is 0 Å². The van der Waals surface area contributed by atoms with E-state index < -0.39 is 5.60 Å². The lowest BCUT2D eigenvalue weighted by molar-refractivity contribution is 0.0492. The van der Waals surface area contributed by atoms with Gasteiger partial charge in [-0.1, -0.05) is 6.08 Å². The predicted molar refractivity (Wildman–Crippen MR) is 57.7 cm³/mol. The predicted octanol–water partition coefficient (Wildman–Crippen LogP) is 1.84. The number of aliphatic hydroxyl groups is 1. The molecule has 3 N–H and O–H groups in total. The minimum Gasteiger partial charge on any atom is -0.398 e. The highest BCUT2D eigenvalue weighted by molar-refractivity contribution is 5.47. The zero-order valence-electron chi connectivity index (χ0n) is 8.40. The second-order valence-electron chi connectivity index (χ2n) is 3.56. The van der Waals surface area contributed by atoms with Gasteiger partial charge in [0.05, 0.1) is 5.60 Å². The van der Waals surface area contributed by atoms with E-state index in [1.54, 1.807) is 31.5 Å². The molecule has 0 saturated heterocycles. The van der Waals surface area contributed by atoms with E-state index in [4.69, 9.17) is 5.73 Å². The van der Waals surface area contributed by atoms with Crippen molar-refractivity contribution in [3.8, 4) is 0 Å². The molecule has 0 saturated carbocycles. The third-order valence-corrected chi connectivity index (χ3v) is 2.27. The molecule has 1 heterocycles. The lowest BCUT2D eigenvalue weighted by Gasteiger charge is -2.24. The van der Waals surface area contributed by atoms with Crippen molar-refractivity contribution in [2.45, 2.75) is 25.4 Å². The van der Waals surface area contributed by atoms with Gasteiger partial charge in [-0.05, 0) is 25.8 Å². The molecule has 0 aliphatic carbocycles. The van der Waals surface area contributed by atoms with Crippen LogP contribution in [0.3, 0.4) is 0 Å². The Morgan fingerprint density at radius 3 is 3.00 bits per heavy atom. The van der Waals surface area contributed by atoms with Gasteiger partial charge in [0.25, 0.3) is 0 Å². The molecule has 3 nitrogen and oxygen atoms in total. The maximum atomic E-state index is 10.1. The van der Waals surface area contributed by atoms with Crippen LogP contribution < -0.4 is 5.73 Å². The van der Waals surface area contributed by atoms with E-state index in [-0.39, 0.29) is 0 Å². The van der Waals surface area contributed by atoms with Crippen LogP contribution in [0.1, 0.15) is 25.3 Å². The van der Waals surface area contributed by atoms with Gasteiger partial charge in [-0.25, -0.2) is 0 Å². The smallest absolute Gasteiger partial charge is 0.0906 e. The number of aromatic nitrogens is 1. The third-order valence-electron chi connectivity index (χ3n) is 2.27. The molecule has 14 heavy (non-hydrogen) atoms. The molecule has 0 aliphatic heterocycles. The summed E-state index contributed by atoms with van der Waals surface area (Å²) >= 11 is 0. The van der Waals surface area contributed by atoms with Gasteiger partial charge in [-0.15, -0.1) is 6.58 Å². The fourth-order valence-electron chi connectivity index (χ4n) is 1.37. The molecule has 0 spiro atoms. The van der Waals surface area contributed by atoms with Crippen molar-refractivity contribution in [2.24, 2.45) is 0 Å². The number of rotatable bonds is 4. The van der Waals surface area contributed by atoms with E-state index in [0.717, 1.165) is 6.42 Å². The number of nitrogen functional groups attached to an aromatic ring is 1. The van der Waals surface area contributed by atoms with Crippen molar-refractivity contribution < 1.29 is 5.11 Å². The summed E-state index contributed by atoms with van der Waals surface area (Å²) in [6.07, 6.45) is 6.36. The highest BCUT2D eigenvalue weighted by Gasteiger charge is 2.24.